The predicted octanol–water partition coefficient (Wildman–Crippen LogP) is 4.44. The van der Waals surface area contributed by atoms with E-state index >= 15 is 0 Å². The van der Waals surface area contributed by atoms with E-state index in [2.05, 4.69) is 73.0 Å². The molecule has 5 nitrogen and oxygen atoms in total. The van der Waals surface area contributed by atoms with Crippen LogP contribution >= 0.6 is 0 Å². The third-order valence-electron chi connectivity index (χ3n) is 5.29. The molecular weight excluding hydrogens is 350 g/mol. The van der Waals surface area contributed by atoms with Gasteiger partial charge in [0.25, 0.3) is 0 Å². The molecule has 28 heavy (non-hydrogen) atoms. The number of aromatic nitrogens is 1. The lowest BCUT2D eigenvalue weighted by Gasteiger charge is -2.32. The zero-order chi connectivity index (χ0) is 19.6. The lowest BCUT2D eigenvalue weighted by Crippen LogP contribution is -2.36. The van der Waals surface area contributed by atoms with Crippen molar-refractivity contribution in [2.24, 2.45) is 0 Å². The summed E-state index contributed by atoms with van der Waals surface area (Å²) in [7, 11) is 0. The molecule has 4 rings (SSSR count). The second-order valence-corrected chi connectivity index (χ2v) is 8.60. The van der Waals surface area contributed by atoms with Crippen LogP contribution in [0.1, 0.15) is 45.2 Å². The van der Waals surface area contributed by atoms with Gasteiger partial charge in [0, 0.05) is 37.5 Å². The van der Waals surface area contributed by atoms with Crippen molar-refractivity contribution >= 4 is 11.5 Å². The Bertz CT molecular complexity index is 782. The zero-order valence-corrected chi connectivity index (χ0v) is 17.2. The highest BCUT2D eigenvalue weighted by atomic mass is 16.5. The highest BCUT2D eigenvalue weighted by Crippen LogP contribution is 2.38. The normalized spacial score (nSPS) is 20.5. The van der Waals surface area contributed by atoms with Crippen LogP contribution in [0, 0.1) is 0 Å². The van der Waals surface area contributed by atoms with Crippen LogP contribution in [0.5, 0.6) is 5.88 Å². The van der Waals surface area contributed by atoms with Crippen LogP contribution in [0.2, 0.25) is 0 Å². The van der Waals surface area contributed by atoms with Crippen LogP contribution in [-0.4, -0.2) is 43.4 Å². The van der Waals surface area contributed by atoms with Crippen molar-refractivity contribution in [2.45, 2.75) is 45.3 Å². The van der Waals surface area contributed by atoms with Gasteiger partial charge in [-0.2, -0.15) is 4.98 Å². The molecule has 150 valence electrons. The number of hydrogen-bond acceptors (Lipinski definition) is 5. The van der Waals surface area contributed by atoms with E-state index in [9.17, 15) is 0 Å². The van der Waals surface area contributed by atoms with Gasteiger partial charge >= 0.3 is 0 Å². The van der Waals surface area contributed by atoms with Gasteiger partial charge in [0.05, 0.1) is 19.3 Å². The molecule has 3 heterocycles. The van der Waals surface area contributed by atoms with Gasteiger partial charge in [0.2, 0.25) is 5.88 Å². The summed E-state index contributed by atoms with van der Waals surface area (Å²) in [6.45, 7) is 10.6. The SMILES string of the molecule is CC(C)(C)Oc1cc(N2CCOCC2)cc(N2CCCC2c2ccccc2)n1. The fourth-order valence-corrected chi connectivity index (χ4v) is 4.06. The predicted molar refractivity (Wildman–Crippen MR) is 113 cm³/mol. The Labute approximate surface area is 168 Å². The van der Waals surface area contributed by atoms with Gasteiger partial charge in [-0.1, -0.05) is 30.3 Å². The number of anilines is 2. The highest BCUT2D eigenvalue weighted by Gasteiger charge is 2.28. The van der Waals surface area contributed by atoms with Crippen molar-refractivity contribution in [1.82, 2.24) is 4.98 Å². The molecule has 2 saturated heterocycles. The molecule has 0 N–H and O–H groups in total. The monoisotopic (exact) mass is 381 g/mol. The quantitative estimate of drug-likeness (QED) is 0.783. The average Bonchev–Trinajstić information content (AvgIpc) is 3.18. The van der Waals surface area contributed by atoms with E-state index in [1.165, 1.54) is 17.7 Å². The molecule has 0 saturated carbocycles. The van der Waals surface area contributed by atoms with Crippen molar-refractivity contribution < 1.29 is 9.47 Å². The van der Waals surface area contributed by atoms with Crippen LogP contribution in [0.15, 0.2) is 42.5 Å². The number of hydrogen-bond donors (Lipinski definition) is 0. The summed E-state index contributed by atoms with van der Waals surface area (Å²) >= 11 is 0. The minimum atomic E-state index is -0.280. The lowest BCUT2D eigenvalue weighted by atomic mass is 10.0. The second kappa shape index (κ2) is 8.00. The molecule has 2 fully saturated rings. The summed E-state index contributed by atoms with van der Waals surface area (Å²) in [6, 6.07) is 15.4. The van der Waals surface area contributed by atoms with Gasteiger partial charge in [-0.15, -0.1) is 0 Å². The molecule has 1 aromatic heterocycles. The first kappa shape index (κ1) is 19.1. The molecule has 2 aromatic rings. The number of ether oxygens (including phenoxy) is 2. The number of pyridine rings is 1. The molecule has 1 unspecified atom stereocenters. The molecule has 0 aliphatic carbocycles. The summed E-state index contributed by atoms with van der Waals surface area (Å²) in [4.78, 5) is 9.73. The summed E-state index contributed by atoms with van der Waals surface area (Å²) in [5, 5.41) is 0. The maximum Gasteiger partial charge on any atom is 0.217 e. The molecule has 2 aliphatic heterocycles. The van der Waals surface area contributed by atoms with Crippen LogP contribution in [-0.2, 0) is 4.74 Å². The van der Waals surface area contributed by atoms with Crippen molar-refractivity contribution in [2.75, 3.05) is 42.6 Å². The Morgan fingerprint density at radius 2 is 1.79 bits per heavy atom. The van der Waals surface area contributed by atoms with Gasteiger partial charge in [0.1, 0.15) is 11.4 Å². The Kier molecular flexibility index (Phi) is 5.44. The summed E-state index contributed by atoms with van der Waals surface area (Å²) in [5.41, 5.74) is 2.25. The molecule has 2 aliphatic rings. The summed E-state index contributed by atoms with van der Waals surface area (Å²) in [5.74, 6) is 1.71. The Morgan fingerprint density at radius 3 is 2.50 bits per heavy atom. The summed E-state index contributed by atoms with van der Waals surface area (Å²) in [6.07, 6.45) is 2.33. The topological polar surface area (TPSA) is 37.8 Å². The molecule has 0 bridgehead atoms. The van der Waals surface area contributed by atoms with Gasteiger partial charge in [-0.25, -0.2) is 0 Å². The third-order valence-corrected chi connectivity index (χ3v) is 5.29. The van der Waals surface area contributed by atoms with Gasteiger partial charge in [-0.05, 0) is 39.2 Å². The molecule has 1 aromatic carbocycles. The van der Waals surface area contributed by atoms with Crippen LogP contribution in [0.3, 0.4) is 0 Å². The highest BCUT2D eigenvalue weighted by molar-refractivity contribution is 5.59. The van der Waals surface area contributed by atoms with E-state index in [4.69, 9.17) is 14.5 Å². The fourth-order valence-electron chi connectivity index (χ4n) is 4.06. The smallest absolute Gasteiger partial charge is 0.217 e. The Hall–Kier alpha value is -2.27. The van der Waals surface area contributed by atoms with Crippen molar-refractivity contribution in [3.05, 3.63) is 48.0 Å². The number of nitrogens with zero attached hydrogens (tertiary/aromatic N) is 3. The Morgan fingerprint density at radius 1 is 1.04 bits per heavy atom. The lowest BCUT2D eigenvalue weighted by molar-refractivity contribution is 0.120. The number of benzene rings is 1. The van der Waals surface area contributed by atoms with Crippen LogP contribution in [0.4, 0.5) is 11.5 Å². The molecule has 0 radical (unpaired) electrons. The number of rotatable bonds is 4. The average molecular weight is 382 g/mol. The minimum Gasteiger partial charge on any atom is -0.472 e. The molecular formula is C23H31N3O2. The molecule has 5 heteroatoms. The molecule has 1 atom stereocenters. The first-order chi connectivity index (χ1) is 13.5. The fraction of sp³-hybridized carbons (Fsp3) is 0.522. The van der Waals surface area contributed by atoms with E-state index < -0.39 is 0 Å². The third kappa shape index (κ3) is 4.41. The number of morpholine rings is 1. The molecule has 0 spiro atoms. The largest absolute Gasteiger partial charge is 0.472 e. The van der Waals surface area contributed by atoms with Crippen molar-refractivity contribution in [3.63, 3.8) is 0 Å². The van der Waals surface area contributed by atoms with E-state index in [0.717, 1.165) is 45.1 Å². The minimum absolute atomic E-state index is 0.280. The zero-order valence-electron chi connectivity index (χ0n) is 17.2. The molecule has 0 amide bonds. The standard InChI is InChI=1S/C23H31N3O2/c1-23(2,3)28-22-17-19(25-12-14-27-15-13-25)16-21(24-22)26-11-7-10-20(26)18-8-5-4-6-9-18/h4-6,8-9,16-17,20H,7,10-15H2,1-3H3. The van der Waals surface area contributed by atoms with Gasteiger partial charge in [0.15, 0.2) is 0 Å². The van der Waals surface area contributed by atoms with E-state index in [-0.39, 0.29) is 5.60 Å². The first-order valence-electron chi connectivity index (χ1n) is 10.3. The Balaban J connectivity index is 1.69. The van der Waals surface area contributed by atoms with E-state index in [1.54, 1.807) is 0 Å². The van der Waals surface area contributed by atoms with E-state index in [1.807, 2.05) is 0 Å². The van der Waals surface area contributed by atoms with Crippen molar-refractivity contribution in [3.8, 4) is 5.88 Å². The van der Waals surface area contributed by atoms with Crippen molar-refractivity contribution in [1.29, 1.82) is 0 Å². The second-order valence-electron chi connectivity index (χ2n) is 8.60. The maximum absolute atomic E-state index is 6.18. The van der Waals surface area contributed by atoms with Crippen LogP contribution < -0.4 is 14.5 Å². The van der Waals surface area contributed by atoms with Gasteiger partial charge in [-0.3, -0.25) is 0 Å². The summed E-state index contributed by atoms with van der Waals surface area (Å²) < 4.78 is 11.7. The first-order valence-corrected chi connectivity index (χ1v) is 10.3. The van der Waals surface area contributed by atoms with Crippen LogP contribution in [0.25, 0.3) is 0 Å². The van der Waals surface area contributed by atoms with Gasteiger partial charge < -0.3 is 19.3 Å². The maximum atomic E-state index is 6.18. The van der Waals surface area contributed by atoms with E-state index in [0.29, 0.717) is 11.9 Å².